The van der Waals surface area contributed by atoms with Crippen LogP contribution < -0.4 is 4.74 Å². The number of hydrogen-bond acceptors (Lipinski definition) is 3. The van der Waals surface area contributed by atoms with Gasteiger partial charge in [0.2, 0.25) is 0 Å². The summed E-state index contributed by atoms with van der Waals surface area (Å²) in [5, 5.41) is 0. The van der Waals surface area contributed by atoms with E-state index in [4.69, 9.17) is 9.47 Å². The summed E-state index contributed by atoms with van der Waals surface area (Å²) >= 11 is 3.51. The average molecular weight is 355 g/mol. The molecule has 2 rings (SSSR count). The van der Waals surface area contributed by atoms with Crippen LogP contribution in [0.1, 0.15) is 38.2 Å². The largest absolute Gasteiger partial charge is 0.497 e. The maximum Gasteiger partial charge on any atom is 0.168 e. The van der Waals surface area contributed by atoms with Gasteiger partial charge in [0.1, 0.15) is 11.4 Å². The fourth-order valence-electron chi connectivity index (χ4n) is 2.97. The minimum atomic E-state index is -0.602. The first kappa shape index (κ1) is 16.5. The molecule has 0 unspecified atom stereocenters. The molecule has 0 atom stereocenters. The van der Waals surface area contributed by atoms with E-state index in [1.807, 2.05) is 18.2 Å². The molecule has 1 aliphatic carbocycles. The van der Waals surface area contributed by atoms with Crippen LogP contribution in [0, 0.1) is 5.92 Å². The van der Waals surface area contributed by atoms with E-state index in [1.165, 1.54) is 0 Å². The number of rotatable bonds is 5. The van der Waals surface area contributed by atoms with Gasteiger partial charge in [-0.3, -0.25) is 4.79 Å². The Morgan fingerprint density at radius 3 is 2.57 bits per heavy atom. The van der Waals surface area contributed by atoms with Crippen molar-refractivity contribution in [1.82, 2.24) is 0 Å². The van der Waals surface area contributed by atoms with Crippen LogP contribution in [0.2, 0.25) is 0 Å². The molecule has 0 N–H and O–H groups in total. The second-order valence-electron chi connectivity index (χ2n) is 5.94. The Balaban J connectivity index is 2.16. The third kappa shape index (κ3) is 3.67. The lowest BCUT2D eigenvalue weighted by molar-refractivity contribution is -0.145. The maximum atomic E-state index is 12.8. The first-order valence-corrected chi connectivity index (χ1v) is 8.21. The minimum absolute atomic E-state index is 0.172. The molecule has 1 saturated carbocycles. The number of carbonyl (C=O) groups excluding carboxylic acids is 1. The zero-order valence-electron chi connectivity index (χ0n) is 12.9. The summed E-state index contributed by atoms with van der Waals surface area (Å²) in [4.78, 5) is 12.8. The van der Waals surface area contributed by atoms with E-state index in [0.29, 0.717) is 12.3 Å². The number of ketones is 1. The molecular weight excluding hydrogens is 332 g/mol. The first-order chi connectivity index (χ1) is 10.0. The predicted molar refractivity (Wildman–Crippen MR) is 86.8 cm³/mol. The lowest BCUT2D eigenvalue weighted by Gasteiger charge is -2.37. The van der Waals surface area contributed by atoms with Crippen molar-refractivity contribution in [3.05, 3.63) is 28.2 Å². The zero-order chi connectivity index (χ0) is 15.5. The molecular formula is C17H23BrO3. The van der Waals surface area contributed by atoms with Crippen LogP contribution in [-0.2, 0) is 16.0 Å². The summed E-state index contributed by atoms with van der Waals surface area (Å²) in [6.07, 6.45) is 4.13. The van der Waals surface area contributed by atoms with Crippen molar-refractivity contribution in [3.63, 3.8) is 0 Å². The van der Waals surface area contributed by atoms with Gasteiger partial charge in [0.05, 0.1) is 7.11 Å². The van der Waals surface area contributed by atoms with Gasteiger partial charge >= 0.3 is 0 Å². The topological polar surface area (TPSA) is 35.5 Å². The molecule has 0 aromatic heterocycles. The molecule has 0 radical (unpaired) electrons. The van der Waals surface area contributed by atoms with Crippen molar-refractivity contribution in [2.45, 2.75) is 44.6 Å². The second-order valence-corrected chi connectivity index (χ2v) is 6.79. The van der Waals surface area contributed by atoms with E-state index >= 15 is 0 Å². The highest BCUT2D eigenvalue weighted by atomic mass is 79.9. The van der Waals surface area contributed by atoms with E-state index < -0.39 is 5.60 Å². The normalized spacial score (nSPS) is 25.6. The van der Waals surface area contributed by atoms with Crippen LogP contribution in [0.5, 0.6) is 5.75 Å². The standard InChI is InChI=1S/C17H23BrO3/c1-12-6-8-17(21-3,9-7-12)16(19)11-13-10-14(20-2)4-5-15(13)18/h4-5,10,12H,6-9,11H2,1-3H3. The minimum Gasteiger partial charge on any atom is -0.497 e. The molecule has 4 heteroatoms. The van der Waals surface area contributed by atoms with Gasteiger partial charge in [-0.25, -0.2) is 0 Å². The monoisotopic (exact) mass is 354 g/mol. The summed E-state index contributed by atoms with van der Waals surface area (Å²) in [6.45, 7) is 2.24. The number of benzene rings is 1. The smallest absolute Gasteiger partial charge is 0.168 e. The molecule has 0 aliphatic heterocycles. The van der Waals surface area contributed by atoms with Crippen LogP contribution in [0.4, 0.5) is 0 Å². The van der Waals surface area contributed by atoms with E-state index in [0.717, 1.165) is 41.5 Å². The van der Waals surface area contributed by atoms with E-state index in [1.54, 1.807) is 14.2 Å². The molecule has 1 aromatic rings. The van der Waals surface area contributed by atoms with Gasteiger partial charge in [0.25, 0.3) is 0 Å². The molecule has 0 saturated heterocycles. The van der Waals surface area contributed by atoms with Crippen molar-refractivity contribution in [2.24, 2.45) is 5.92 Å². The van der Waals surface area contributed by atoms with Crippen molar-refractivity contribution >= 4 is 21.7 Å². The maximum absolute atomic E-state index is 12.8. The number of hydrogen-bond donors (Lipinski definition) is 0. The Morgan fingerprint density at radius 2 is 2.00 bits per heavy atom. The fourth-order valence-corrected chi connectivity index (χ4v) is 3.36. The molecule has 0 spiro atoms. The summed E-state index contributed by atoms with van der Waals surface area (Å²) in [6, 6.07) is 5.72. The molecule has 1 aromatic carbocycles. The van der Waals surface area contributed by atoms with Crippen LogP contribution in [0.3, 0.4) is 0 Å². The van der Waals surface area contributed by atoms with Gasteiger partial charge in [0.15, 0.2) is 5.78 Å². The van der Waals surface area contributed by atoms with Gasteiger partial charge < -0.3 is 9.47 Å². The summed E-state index contributed by atoms with van der Waals surface area (Å²) in [5.41, 5.74) is 0.351. The first-order valence-electron chi connectivity index (χ1n) is 7.41. The number of methoxy groups -OCH3 is 2. The SMILES string of the molecule is COc1ccc(Br)c(CC(=O)C2(OC)CCC(C)CC2)c1. The lowest BCUT2D eigenvalue weighted by atomic mass is 9.76. The van der Waals surface area contributed by atoms with Crippen LogP contribution in [0.15, 0.2) is 22.7 Å². The van der Waals surface area contributed by atoms with Gasteiger partial charge in [-0.1, -0.05) is 22.9 Å². The van der Waals surface area contributed by atoms with Gasteiger partial charge in [-0.2, -0.15) is 0 Å². The number of ether oxygens (including phenoxy) is 2. The predicted octanol–water partition coefficient (Wildman–Crippen LogP) is 4.16. The van der Waals surface area contributed by atoms with Gasteiger partial charge in [-0.05, 0) is 55.4 Å². The van der Waals surface area contributed by atoms with Crippen molar-refractivity contribution in [1.29, 1.82) is 0 Å². The highest BCUT2D eigenvalue weighted by Crippen LogP contribution is 2.36. The molecule has 0 amide bonds. The number of halogens is 1. The number of Topliss-reactive ketones (excluding diaryl/α,β-unsaturated/α-hetero) is 1. The molecule has 1 fully saturated rings. The van der Waals surface area contributed by atoms with Crippen molar-refractivity contribution in [2.75, 3.05) is 14.2 Å². The third-order valence-corrected chi connectivity index (χ3v) is 5.36. The van der Waals surface area contributed by atoms with Crippen LogP contribution in [-0.4, -0.2) is 25.6 Å². The summed E-state index contributed by atoms with van der Waals surface area (Å²) in [5.74, 6) is 1.63. The molecule has 3 nitrogen and oxygen atoms in total. The van der Waals surface area contributed by atoms with Crippen molar-refractivity contribution in [3.8, 4) is 5.75 Å². The second kappa shape index (κ2) is 6.93. The van der Waals surface area contributed by atoms with Crippen molar-refractivity contribution < 1.29 is 14.3 Å². The summed E-state index contributed by atoms with van der Waals surface area (Å²) in [7, 11) is 3.29. The van der Waals surface area contributed by atoms with Crippen LogP contribution >= 0.6 is 15.9 Å². The lowest BCUT2D eigenvalue weighted by Crippen LogP contribution is -2.44. The molecule has 116 valence electrons. The van der Waals surface area contributed by atoms with E-state index in [9.17, 15) is 4.79 Å². The number of carbonyl (C=O) groups is 1. The Bertz CT molecular complexity index is 505. The van der Waals surface area contributed by atoms with E-state index in [2.05, 4.69) is 22.9 Å². The molecule has 0 bridgehead atoms. The fraction of sp³-hybridized carbons (Fsp3) is 0.588. The summed E-state index contributed by atoms with van der Waals surface area (Å²) < 4.78 is 11.8. The Kier molecular flexibility index (Phi) is 5.44. The Morgan fingerprint density at radius 1 is 1.33 bits per heavy atom. The van der Waals surface area contributed by atoms with E-state index in [-0.39, 0.29) is 5.78 Å². The third-order valence-electron chi connectivity index (χ3n) is 4.58. The molecule has 21 heavy (non-hydrogen) atoms. The van der Waals surface area contributed by atoms with Gasteiger partial charge in [-0.15, -0.1) is 0 Å². The Hall–Kier alpha value is -0.870. The molecule has 1 aliphatic rings. The Labute approximate surface area is 135 Å². The van der Waals surface area contributed by atoms with Crippen LogP contribution in [0.25, 0.3) is 0 Å². The zero-order valence-corrected chi connectivity index (χ0v) is 14.5. The average Bonchev–Trinajstić information content (AvgIpc) is 2.50. The van der Waals surface area contributed by atoms with Gasteiger partial charge in [0, 0.05) is 18.0 Å². The molecule has 0 heterocycles. The quantitative estimate of drug-likeness (QED) is 0.796. The highest BCUT2D eigenvalue weighted by Gasteiger charge is 2.40. The highest BCUT2D eigenvalue weighted by molar-refractivity contribution is 9.10.